The van der Waals surface area contributed by atoms with Gasteiger partial charge in [0.2, 0.25) is 0 Å². The van der Waals surface area contributed by atoms with E-state index in [1.165, 1.54) is 6.92 Å². The van der Waals surface area contributed by atoms with Gasteiger partial charge in [-0.1, -0.05) is 45.2 Å². The number of carbonyl (C=O) groups excluding carboxylic acids is 1. The molecule has 4 heteroatoms. The molecule has 0 radical (unpaired) electrons. The molecule has 1 unspecified atom stereocenters. The van der Waals surface area contributed by atoms with Gasteiger partial charge in [-0.2, -0.15) is 0 Å². The first kappa shape index (κ1) is 11.9. The second-order valence-corrected chi connectivity index (χ2v) is 4.18. The summed E-state index contributed by atoms with van der Waals surface area (Å²) in [6.45, 7) is 1.46. The zero-order valence-corrected chi connectivity index (χ0v) is 10.8. The topological polar surface area (TPSA) is 26.3 Å². The van der Waals surface area contributed by atoms with Crippen LogP contribution in [0, 0.1) is 0 Å². The van der Waals surface area contributed by atoms with Gasteiger partial charge in [0.15, 0.2) is 0 Å². The molecule has 0 N–H and O–H groups in total. The van der Waals surface area contributed by atoms with Gasteiger partial charge in [0, 0.05) is 11.4 Å². The first-order valence-electron chi connectivity index (χ1n) is 3.49. The van der Waals surface area contributed by atoms with Gasteiger partial charge in [-0.15, -0.1) is 0 Å². The van der Waals surface area contributed by atoms with E-state index in [4.69, 9.17) is 4.74 Å². The molecule has 0 aromatic heterocycles. The first-order chi connectivity index (χ1) is 5.20. The summed E-state index contributed by atoms with van der Waals surface area (Å²) in [6, 6.07) is 0. The molecule has 0 aliphatic carbocycles. The highest BCUT2D eigenvalue weighted by atomic mass is 127. The average Bonchev–Trinajstić information content (AvgIpc) is 1.97. The number of alkyl halides is 2. The van der Waals surface area contributed by atoms with Crippen LogP contribution in [0.1, 0.15) is 19.8 Å². The molecule has 0 saturated heterocycles. The molecule has 0 fully saturated rings. The van der Waals surface area contributed by atoms with Gasteiger partial charge in [0.25, 0.3) is 0 Å². The van der Waals surface area contributed by atoms with E-state index in [9.17, 15) is 4.79 Å². The molecular formula is C7H12I2O2. The molecule has 0 aromatic carbocycles. The number of carbonyl (C=O) groups is 1. The van der Waals surface area contributed by atoms with Gasteiger partial charge in [0.1, 0.15) is 6.10 Å². The van der Waals surface area contributed by atoms with Crippen LogP contribution in [0.2, 0.25) is 0 Å². The van der Waals surface area contributed by atoms with Crippen LogP contribution in [0.5, 0.6) is 0 Å². The summed E-state index contributed by atoms with van der Waals surface area (Å²) < 4.78 is 7.08. The van der Waals surface area contributed by atoms with E-state index in [1.54, 1.807) is 0 Å². The van der Waals surface area contributed by atoms with Crippen molar-refractivity contribution >= 4 is 51.2 Å². The van der Waals surface area contributed by atoms with Crippen LogP contribution < -0.4 is 0 Å². The predicted molar refractivity (Wildman–Crippen MR) is 62.6 cm³/mol. The lowest BCUT2D eigenvalue weighted by molar-refractivity contribution is -0.145. The zero-order valence-electron chi connectivity index (χ0n) is 6.48. The summed E-state index contributed by atoms with van der Waals surface area (Å²) in [7, 11) is 0. The van der Waals surface area contributed by atoms with Crippen molar-refractivity contribution in [3.05, 3.63) is 0 Å². The maximum absolute atomic E-state index is 10.5. The Hall–Kier alpha value is 0.930. The van der Waals surface area contributed by atoms with Crippen LogP contribution in [-0.2, 0) is 9.53 Å². The quantitative estimate of drug-likeness (QED) is 0.415. The second-order valence-electron chi connectivity index (χ2n) is 2.22. The van der Waals surface area contributed by atoms with Crippen molar-refractivity contribution in [2.75, 3.05) is 8.86 Å². The molecule has 0 heterocycles. The summed E-state index contributed by atoms with van der Waals surface area (Å²) >= 11 is 4.57. The van der Waals surface area contributed by atoms with E-state index >= 15 is 0 Å². The molecule has 0 rings (SSSR count). The van der Waals surface area contributed by atoms with Crippen molar-refractivity contribution in [2.45, 2.75) is 25.9 Å². The molecule has 0 aromatic rings. The molecule has 66 valence electrons. The first-order valence-corrected chi connectivity index (χ1v) is 6.55. The van der Waals surface area contributed by atoms with E-state index in [0.29, 0.717) is 0 Å². The van der Waals surface area contributed by atoms with Gasteiger partial charge in [0.05, 0.1) is 0 Å². The lowest BCUT2D eigenvalue weighted by Crippen LogP contribution is -2.17. The fourth-order valence-electron chi connectivity index (χ4n) is 0.707. The predicted octanol–water partition coefficient (Wildman–Crippen LogP) is 2.57. The van der Waals surface area contributed by atoms with E-state index in [1.807, 2.05) is 0 Å². The van der Waals surface area contributed by atoms with Gasteiger partial charge in [-0.3, -0.25) is 4.79 Å². The summed E-state index contributed by atoms with van der Waals surface area (Å²) in [6.07, 6.45) is 2.25. The highest BCUT2D eigenvalue weighted by molar-refractivity contribution is 14.1. The molecule has 11 heavy (non-hydrogen) atoms. The maximum atomic E-state index is 10.5. The average molecular weight is 382 g/mol. The Morgan fingerprint density at radius 1 is 1.55 bits per heavy atom. The maximum Gasteiger partial charge on any atom is 0.302 e. The van der Waals surface area contributed by atoms with Crippen LogP contribution in [0.15, 0.2) is 0 Å². The highest BCUT2D eigenvalue weighted by Crippen LogP contribution is 2.07. The van der Waals surface area contributed by atoms with Gasteiger partial charge < -0.3 is 4.74 Å². The molecule has 0 amide bonds. The second kappa shape index (κ2) is 7.57. The van der Waals surface area contributed by atoms with Crippen molar-refractivity contribution in [1.82, 2.24) is 0 Å². The lowest BCUT2D eigenvalue weighted by Gasteiger charge is -2.12. The monoisotopic (exact) mass is 382 g/mol. The van der Waals surface area contributed by atoms with E-state index in [-0.39, 0.29) is 12.1 Å². The molecule has 0 saturated carbocycles. The standard InChI is InChI=1S/C7H12I2O2/c1-6(10)11-7(5-9)3-2-4-8/h7H,2-5H2,1H3. The third-order valence-electron chi connectivity index (χ3n) is 1.16. The Labute approximate surface area is 94.7 Å². The Morgan fingerprint density at radius 3 is 2.55 bits per heavy atom. The lowest BCUT2D eigenvalue weighted by atomic mass is 10.2. The van der Waals surface area contributed by atoms with Crippen LogP contribution in [0.4, 0.5) is 0 Å². The van der Waals surface area contributed by atoms with Crippen LogP contribution >= 0.6 is 45.2 Å². The van der Waals surface area contributed by atoms with Crippen molar-refractivity contribution < 1.29 is 9.53 Å². The molecule has 0 aliphatic rings. The van der Waals surface area contributed by atoms with Crippen molar-refractivity contribution in [1.29, 1.82) is 0 Å². The molecule has 0 spiro atoms. The summed E-state index contributed by atoms with van der Waals surface area (Å²) in [5.74, 6) is -0.167. The van der Waals surface area contributed by atoms with Crippen molar-refractivity contribution in [2.24, 2.45) is 0 Å². The number of ether oxygens (including phenoxy) is 1. The minimum atomic E-state index is -0.167. The van der Waals surface area contributed by atoms with Gasteiger partial charge >= 0.3 is 5.97 Å². The number of hydrogen-bond acceptors (Lipinski definition) is 2. The zero-order chi connectivity index (χ0) is 8.69. The minimum absolute atomic E-state index is 0.128. The smallest absolute Gasteiger partial charge is 0.302 e. The fraction of sp³-hybridized carbons (Fsp3) is 0.857. The fourth-order valence-corrected chi connectivity index (χ4v) is 1.77. The third-order valence-corrected chi connectivity index (χ3v) is 2.91. The largest absolute Gasteiger partial charge is 0.462 e. The SMILES string of the molecule is CC(=O)OC(CI)CCCI. The molecule has 2 nitrogen and oxygen atoms in total. The van der Waals surface area contributed by atoms with Gasteiger partial charge in [-0.05, 0) is 17.3 Å². The van der Waals surface area contributed by atoms with E-state index < -0.39 is 0 Å². The molecular weight excluding hydrogens is 370 g/mol. The Balaban J connectivity index is 3.49. The number of halogens is 2. The van der Waals surface area contributed by atoms with Crippen LogP contribution in [-0.4, -0.2) is 20.9 Å². The number of rotatable bonds is 5. The summed E-state index contributed by atoms with van der Waals surface area (Å²) in [5.41, 5.74) is 0. The molecule has 0 aliphatic heterocycles. The Kier molecular flexibility index (Phi) is 8.21. The molecule has 1 atom stereocenters. The van der Waals surface area contributed by atoms with Gasteiger partial charge in [-0.25, -0.2) is 0 Å². The van der Waals surface area contributed by atoms with Crippen LogP contribution in [0.3, 0.4) is 0 Å². The van der Waals surface area contributed by atoms with E-state index in [2.05, 4.69) is 45.2 Å². The third kappa shape index (κ3) is 7.30. The molecule has 0 bridgehead atoms. The van der Waals surface area contributed by atoms with Crippen molar-refractivity contribution in [3.8, 4) is 0 Å². The summed E-state index contributed by atoms with van der Waals surface area (Å²) in [5, 5.41) is 0. The van der Waals surface area contributed by atoms with Crippen LogP contribution in [0.25, 0.3) is 0 Å². The Morgan fingerprint density at radius 2 is 2.18 bits per heavy atom. The summed E-state index contributed by atoms with van der Waals surface area (Å²) in [4.78, 5) is 10.5. The minimum Gasteiger partial charge on any atom is -0.462 e. The van der Waals surface area contributed by atoms with Crippen molar-refractivity contribution in [3.63, 3.8) is 0 Å². The highest BCUT2D eigenvalue weighted by Gasteiger charge is 2.08. The normalized spacial score (nSPS) is 12.6. The Bertz CT molecular complexity index is 117. The van der Waals surface area contributed by atoms with E-state index in [0.717, 1.165) is 21.7 Å². The number of esters is 1. The number of hydrogen-bond donors (Lipinski definition) is 0.